The highest BCUT2D eigenvalue weighted by Gasteiger charge is 2.33. The summed E-state index contributed by atoms with van der Waals surface area (Å²) in [4.78, 5) is 37.9. The van der Waals surface area contributed by atoms with Crippen molar-refractivity contribution in [2.45, 2.75) is 38.3 Å². The molecule has 1 aromatic carbocycles. The van der Waals surface area contributed by atoms with Gasteiger partial charge in [-0.2, -0.15) is 5.10 Å². The molecule has 2 aromatic heterocycles. The molecule has 9 heteroatoms. The van der Waals surface area contributed by atoms with Gasteiger partial charge in [0.25, 0.3) is 0 Å². The summed E-state index contributed by atoms with van der Waals surface area (Å²) in [5, 5.41) is 16.1. The number of hydrogen-bond donors (Lipinski definition) is 0. The van der Waals surface area contributed by atoms with Crippen LogP contribution in [0.3, 0.4) is 0 Å². The van der Waals surface area contributed by atoms with Crippen molar-refractivity contribution in [3.8, 4) is 0 Å². The standard InChI is InChI=1S/C22H23N5O4/c1-15(17-7-4-3-5-8-17)25-19(12-11-16-13-23-24(2)14-16)20(27(30)31)21(28)26(22(25)29)18-9-6-10-18/h3-5,7-8,11-15,18H,6,9-10H2,1-2H3. The van der Waals surface area contributed by atoms with E-state index in [0.29, 0.717) is 18.4 Å². The molecule has 0 radical (unpaired) electrons. The maximum Gasteiger partial charge on any atom is 0.357 e. The first kappa shape index (κ1) is 20.5. The number of hydrogen-bond acceptors (Lipinski definition) is 5. The van der Waals surface area contributed by atoms with Crippen molar-refractivity contribution < 1.29 is 4.92 Å². The highest BCUT2D eigenvalue weighted by molar-refractivity contribution is 5.71. The first-order valence-corrected chi connectivity index (χ1v) is 10.2. The molecule has 1 saturated carbocycles. The van der Waals surface area contributed by atoms with Crippen LogP contribution in [0, 0.1) is 10.1 Å². The van der Waals surface area contributed by atoms with Gasteiger partial charge in [0.2, 0.25) is 0 Å². The van der Waals surface area contributed by atoms with Crippen LogP contribution >= 0.6 is 0 Å². The number of nitrogens with zero attached hydrogens (tertiary/aromatic N) is 5. The average Bonchev–Trinajstić information content (AvgIpc) is 3.13. The van der Waals surface area contributed by atoms with Crippen LogP contribution in [0.4, 0.5) is 5.69 Å². The molecule has 0 bridgehead atoms. The Morgan fingerprint density at radius 2 is 1.90 bits per heavy atom. The Hall–Kier alpha value is -3.75. The molecule has 1 aliphatic rings. The molecule has 9 nitrogen and oxygen atoms in total. The summed E-state index contributed by atoms with van der Waals surface area (Å²) in [6.45, 7) is 1.80. The van der Waals surface area contributed by atoms with E-state index in [-0.39, 0.29) is 11.7 Å². The van der Waals surface area contributed by atoms with E-state index in [1.807, 2.05) is 30.3 Å². The van der Waals surface area contributed by atoms with E-state index >= 15 is 0 Å². The molecule has 160 valence electrons. The summed E-state index contributed by atoms with van der Waals surface area (Å²) in [5.74, 6) is 0. The number of aromatic nitrogens is 4. The summed E-state index contributed by atoms with van der Waals surface area (Å²) in [5.41, 5.74) is -0.463. The van der Waals surface area contributed by atoms with Crippen LogP contribution in [0.25, 0.3) is 12.2 Å². The van der Waals surface area contributed by atoms with E-state index in [2.05, 4.69) is 5.10 Å². The van der Waals surface area contributed by atoms with Gasteiger partial charge in [0, 0.05) is 24.8 Å². The molecule has 0 aliphatic heterocycles. The number of aryl methyl sites for hydroxylation is 1. The van der Waals surface area contributed by atoms with Crippen molar-refractivity contribution in [2.75, 3.05) is 0 Å². The van der Waals surface area contributed by atoms with Crippen LogP contribution in [0.5, 0.6) is 0 Å². The van der Waals surface area contributed by atoms with Crippen molar-refractivity contribution in [3.05, 3.63) is 90.5 Å². The van der Waals surface area contributed by atoms with Crippen LogP contribution in [-0.2, 0) is 7.05 Å². The molecule has 1 atom stereocenters. The molecule has 31 heavy (non-hydrogen) atoms. The normalized spacial score (nSPS) is 15.2. The van der Waals surface area contributed by atoms with Crippen molar-refractivity contribution in [1.82, 2.24) is 18.9 Å². The van der Waals surface area contributed by atoms with E-state index in [1.165, 1.54) is 10.6 Å². The zero-order valence-electron chi connectivity index (χ0n) is 17.3. The fourth-order valence-electron chi connectivity index (χ4n) is 3.90. The first-order chi connectivity index (χ1) is 14.9. The fraction of sp³-hybridized carbons (Fsp3) is 0.318. The minimum Gasteiger partial charge on any atom is -0.280 e. The minimum atomic E-state index is -0.845. The molecular weight excluding hydrogens is 398 g/mol. The molecular formula is C22H23N5O4. The highest BCUT2D eigenvalue weighted by Crippen LogP contribution is 2.31. The summed E-state index contributed by atoms with van der Waals surface area (Å²) >= 11 is 0. The monoisotopic (exact) mass is 421 g/mol. The molecule has 4 rings (SSSR count). The largest absolute Gasteiger partial charge is 0.357 e. The molecule has 3 aromatic rings. The van der Waals surface area contributed by atoms with Crippen LogP contribution < -0.4 is 11.2 Å². The number of benzene rings is 1. The zero-order valence-corrected chi connectivity index (χ0v) is 17.3. The predicted octanol–water partition coefficient (Wildman–Crippen LogP) is 3.16. The van der Waals surface area contributed by atoms with Gasteiger partial charge in [0.1, 0.15) is 5.69 Å². The molecule has 1 unspecified atom stereocenters. The predicted molar refractivity (Wildman–Crippen MR) is 117 cm³/mol. The maximum absolute atomic E-state index is 13.5. The molecule has 0 spiro atoms. The SMILES string of the molecule is CC(c1ccccc1)n1c(C=Cc2cnn(C)c2)c([N+](=O)[O-])c(=O)n(C2CCC2)c1=O. The fourth-order valence-corrected chi connectivity index (χ4v) is 3.90. The molecule has 0 amide bonds. The van der Waals surface area contributed by atoms with Crippen LogP contribution in [0.2, 0.25) is 0 Å². The van der Waals surface area contributed by atoms with Gasteiger partial charge in [-0.3, -0.25) is 28.7 Å². The van der Waals surface area contributed by atoms with E-state index in [4.69, 9.17) is 0 Å². The van der Waals surface area contributed by atoms with Gasteiger partial charge in [-0.05, 0) is 43.9 Å². The van der Waals surface area contributed by atoms with E-state index in [0.717, 1.165) is 16.6 Å². The van der Waals surface area contributed by atoms with Crippen LogP contribution in [-0.4, -0.2) is 23.8 Å². The number of nitro groups is 1. The molecule has 0 saturated heterocycles. The smallest absolute Gasteiger partial charge is 0.280 e. The van der Waals surface area contributed by atoms with Crippen molar-refractivity contribution >= 4 is 17.8 Å². The van der Waals surface area contributed by atoms with Crippen LogP contribution in [0.15, 0.2) is 52.3 Å². The van der Waals surface area contributed by atoms with E-state index < -0.39 is 27.9 Å². The van der Waals surface area contributed by atoms with Crippen molar-refractivity contribution in [3.63, 3.8) is 0 Å². The third kappa shape index (κ3) is 3.74. The third-order valence-corrected chi connectivity index (χ3v) is 5.79. The van der Waals surface area contributed by atoms with Gasteiger partial charge in [-0.25, -0.2) is 4.79 Å². The lowest BCUT2D eigenvalue weighted by molar-refractivity contribution is -0.387. The lowest BCUT2D eigenvalue weighted by Crippen LogP contribution is -2.46. The molecule has 1 fully saturated rings. The Kier molecular flexibility index (Phi) is 5.41. The Morgan fingerprint density at radius 3 is 2.45 bits per heavy atom. The van der Waals surface area contributed by atoms with Gasteiger partial charge in [-0.15, -0.1) is 0 Å². The summed E-state index contributed by atoms with van der Waals surface area (Å²) in [6, 6.07) is 8.46. The Morgan fingerprint density at radius 1 is 1.19 bits per heavy atom. The zero-order chi connectivity index (χ0) is 22.1. The minimum absolute atomic E-state index is 0.0178. The third-order valence-electron chi connectivity index (χ3n) is 5.79. The Labute approximate surface area is 178 Å². The quantitative estimate of drug-likeness (QED) is 0.449. The second kappa shape index (κ2) is 8.17. The van der Waals surface area contributed by atoms with Gasteiger partial charge in [0.05, 0.1) is 17.2 Å². The van der Waals surface area contributed by atoms with E-state index in [9.17, 15) is 19.7 Å². The lowest BCUT2D eigenvalue weighted by Gasteiger charge is -2.29. The topological polar surface area (TPSA) is 105 Å². The maximum atomic E-state index is 13.5. The van der Waals surface area contributed by atoms with Crippen molar-refractivity contribution in [1.29, 1.82) is 0 Å². The molecule has 0 N–H and O–H groups in total. The van der Waals surface area contributed by atoms with E-state index in [1.54, 1.807) is 37.1 Å². The van der Waals surface area contributed by atoms with Gasteiger partial charge >= 0.3 is 16.9 Å². The lowest BCUT2D eigenvalue weighted by atomic mass is 9.93. The van der Waals surface area contributed by atoms with Crippen LogP contribution in [0.1, 0.15) is 55.1 Å². The number of rotatable bonds is 6. The summed E-state index contributed by atoms with van der Waals surface area (Å²) in [7, 11) is 1.76. The van der Waals surface area contributed by atoms with Gasteiger partial charge < -0.3 is 0 Å². The Balaban J connectivity index is 2.00. The van der Waals surface area contributed by atoms with Gasteiger partial charge in [-0.1, -0.05) is 30.3 Å². The van der Waals surface area contributed by atoms with Crippen molar-refractivity contribution in [2.24, 2.45) is 7.05 Å². The Bertz CT molecular complexity index is 1270. The average molecular weight is 421 g/mol. The first-order valence-electron chi connectivity index (χ1n) is 10.2. The molecule has 2 heterocycles. The summed E-state index contributed by atoms with van der Waals surface area (Å²) < 4.78 is 4.03. The molecule has 1 aliphatic carbocycles. The summed E-state index contributed by atoms with van der Waals surface area (Å²) in [6.07, 6.45) is 8.63. The second-order valence-electron chi connectivity index (χ2n) is 7.77. The van der Waals surface area contributed by atoms with Gasteiger partial charge in [0.15, 0.2) is 0 Å². The highest BCUT2D eigenvalue weighted by atomic mass is 16.6. The second-order valence-corrected chi connectivity index (χ2v) is 7.77.